The van der Waals surface area contributed by atoms with Crippen LogP contribution < -0.4 is 5.32 Å². The molecule has 19 heavy (non-hydrogen) atoms. The van der Waals surface area contributed by atoms with Crippen LogP contribution >= 0.6 is 0 Å². The zero-order valence-electron chi connectivity index (χ0n) is 11.5. The summed E-state index contributed by atoms with van der Waals surface area (Å²) in [6.07, 6.45) is 2.18. The van der Waals surface area contributed by atoms with Crippen LogP contribution in [0.25, 0.3) is 0 Å². The van der Waals surface area contributed by atoms with E-state index in [1.54, 1.807) is 7.05 Å². The van der Waals surface area contributed by atoms with Gasteiger partial charge in [0.2, 0.25) is 0 Å². The molecule has 1 aliphatic rings. The molecule has 0 spiro atoms. The van der Waals surface area contributed by atoms with Crippen molar-refractivity contribution in [3.63, 3.8) is 0 Å². The molecule has 0 saturated carbocycles. The SMILES string of the molecule is CCN1CCCC1CN(C)C(=O)NC(CO)C(=O)O. The zero-order valence-corrected chi connectivity index (χ0v) is 11.5. The third kappa shape index (κ3) is 4.36. The predicted molar refractivity (Wildman–Crippen MR) is 69.9 cm³/mol. The van der Waals surface area contributed by atoms with Crippen molar-refractivity contribution in [1.82, 2.24) is 15.1 Å². The summed E-state index contributed by atoms with van der Waals surface area (Å²) in [6, 6.07) is -1.39. The largest absolute Gasteiger partial charge is 0.480 e. The normalized spacial score (nSPS) is 21.1. The van der Waals surface area contributed by atoms with Crippen LogP contribution in [-0.2, 0) is 4.79 Å². The molecule has 1 rings (SSSR count). The molecule has 1 heterocycles. The van der Waals surface area contributed by atoms with Gasteiger partial charge in [-0.05, 0) is 25.9 Å². The van der Waals surface area contributed by atoms with Crippen LogP contribution in [0.1, 0.15) is 19.8 Å². The summed E-state index contributed by atoms with van der Waals surface area (Å²) in [5.41, 5.74) is 0. The Kier molecular flexibility index (Phi) is 6.04. The maximum absolute atomic E-state index is 11.8. The fraction of sp³-hybridized carbons (Fsp3) is 0.833. The Morgan fingerprint density at radius 2 is 2.21 bits per heavy atom. The van der Waals surface area contributed by atoms with Gasteiger partial charge in [-0.1, -0.05) is 6.92 Å². The maximum Gasteiger partial charge on any atom is 0.328 e. The molecule has 2 atom stereocenters. The number of carbonyl (C=O) groups is 2. The lowest BCUT2D eigenvalue weighted by molar-refractivity contribution is -0.140. The first-order valence-corrected chi connectivity index (χ1v) is 6.58. The lowest BCUT2D eigenvalue weighted by Gasteiger charge is -2.28. The maximum atomic E-state index is 11.8. The van der Waals surface area contributed by atoms with Crippen molar-refractivity contribution in [2.24, 2.45) is 0 Å². The molecule has 1 fully saturated rings. The van der Waals surface area contributed by atoms with Gasteiger partial charge < -0.3 is 20.4 Å². The van der Waals surface area contributed by atoms with Crippen molar-refractivity contribution in [2.75, 3.05) is 33.3 Å². The number of hydrogen-bond acceptors (Lipinski definition) is 4. The molecule has 0 aliphatic carbocycles. The summed E-state index contributed by atoms with van der Waals surface area (Å²) < 4.78 is 0. The molecule has 7 heteroatoms. The van der Waals surface area contributed by atoms with Gasteiger partial charge in [-0.3, -0.25) is 4.90 Å². The average Bonchev–Trinajstić information content (AvgIpc) is 2.82. The Balaban J connectivity index is 2.46. The van der Waals surface area contributed by atoms with Gasteiger partial charge in [0.15, 0.2) is 6.04 Å². The zero-order chi connectivity index (χ0) is 14.4. The van der Waals surface area contributed by atoms with Crippen molar-refractivity contribution in [3.05, 3.63) is 0 Å². The van der Waals surface area contributed by atoms with E-state index in [1.807, 2.05) is 0 Å². The van der Waals surface area contributed by atoms with E-state index in [4.69, 9.17) is 10.2 Å². The first-order chi connectivity index (χ1) is 8.99. The van der Waals surface area contributed by atoms with E-state index in [0.29, 0.717) is 12.6 Å². The Morgan fingerprint density at radius 1 is 1.53 bits per heavy atom. The van der Waals surface area contributed by atoms with Crippen LogP contribution in [0.5, 0.6) is 0 Å². The molecule has 0 aromatic rings. The highest BCUT2D eigenvalue weighted by molar-refractivity contribution is 5.82. The minimum Gasteiger partial charge on any atom is -0.480 e. The molecule has 0 bridgehead atoms. The molecule has 0 aromatic heterocycles. The van der Waals surface area contributed by atoms with Crippen molar-refractivity contribution < 1.29 is 19.8 Å². The van der Waals surface area contributed by atoms with Crippen molar-refractivity contribution >= 4 is 12.0 Å². The molecule has 1 aliphatic heterocycles. The fourth-order valence-electron chi connectivity index (χ4n) is 2.36. The van der Waals surface area contributed by atoms with E-state index in [1.165, 1.54) is 4.90 Å². The summed E-state index contributed by atoms with van der Waals surface area (Å²) >= 11 is 0. The second-order valence-corrected chi connectivity index (χ2v) is 4.83. The minimum atomic E-state index is -1.25. The first kappa shape index (κ1) is 15.7. The molecule has 110 valence electrons. The van der Waals surface area contributed by atoms with E-state index in [2.05, 4.69) is 17.1 Å². The first-order valence-electron chi connectivity index (χ1n) is 6.58. The van der Waals surface area contributed by atoms with Crippen LogP contribution in [0.3, 0.4) is 0 Å². The average molecular weight is 273 g/mol. The molecule has 7 nitrogen and oxygen atoms in total. The van der Waals surface area contributed by atoms with Gasteiger partial charge in [-0.25, -0.2) is 9.59 Å². The van der Waals surface area contributed by atoms with E-state index in [9.17, 15) is 9.59 Å². The van der Waals surface area contributed by atoms with Crippen LogP contribution in [-0.4, -0.2) is 77.4 Å². The molecular weight excluding hydrogens is 250 g/mol. The number of amides is 2. The number of carboxylic acids is 1. The molecular formula is C12H23N3O4. The number of hydrogen-bond donors (Lipinski definition) is 3. The molecule has 3 N–H and O–H groups in total. The predicted octanol–water partition coefficient (Wildman–Crippen LogP) is -0.442. The minimum absolute atomic E-state index is 0.332. The van der Waals surface area contributed by atoms with E-state index in [-0.39, 0.29) is 0 Å². The standard InChI is InChI=1S/C12H23N3O4/c1-3-15-6-4-5-9(15)7-14(2)12(19)13-10(8-16)11(17)18/h9-10,16H,3-8H2,1-2H3,(H,13,19)(H,17,18). The fourth-order valence-corrected chi connectivity index (χ4v) is 2.36. The third-order valence-corrected chi connectivity index (χ3v) is 3.51. The Bertz CT molecular complexity index is 324. The smallest absolute Gasteiger partial charge is 0.328 e. The number of likely N-dealkylation sites (tertiary alicyclic amines) is 1. The number of carbonyl (C=O) groups excluding carboxylic acids is 1. The number of carboxylic acid groups (broad SMARTS) is 1. The highest BCUT2D eigenvalue weighted by Gasteiger charge is 2.27. The molecule has 0 aromatic carbocycles. The van der Waals surface area contributed by atoms with Gasteiger partial charge in [0.25, 0.3) is 0 Å². The Labute approximate surface area is 113 Å². The van der Waals surface area contributed by atoms with Crippen LogP contribution in [0.15, 0.2) is 0 Å². The lowest BCUT2D eigenvalue weighted by Crippen LogP contribution is -2.51. The number of nitrogens with one attached hydrogen (secondary N) is 1. The summed E-state index contributed by atoms with van der Waals surface area (Å²) in [4.78, 5) is 26.3. The van der Waals surface area contributed by atoms with Crippen molar-refractivity contribution in [3.8, 4) is 0 Å². The van der Waals surface area contributed by atoms with Gasteiger partial charge in [-0.2, -0.15) is 0 Å². The number of urea groups is 1. The molecule has 0 radical (unpaired) electrons. The van der Waals surface area contributed by atoms with Gasteiger partial charge >= 0.3 is 12.0 Å². The highest BCUT2D eigenvalue weighted by atomic mass is 16.4. The van der Waals surface area contributed by atoms with Crippen LogP contribution in [0, 0.1) is 0 Å². The second-order valence-electron chi connectivity index (χ2n) is 4.83. The van der Waals surface area contributed by atoms with Gasteiger partial charge in [-0.15, -0.1) is 0 Å². The number of aliphatic hydroxyl groups is 1. The lowest BCUT2D eigenvalue weighted by atomic mass is 10.2. The van der Waals surface area contributed by atoms with Crippen LogP contribution in [0.4, 0.5) is 4.79 Å². The summed E-state index contributed by atoms with van der Waals surface area (Å²) in [5.74, 6) is -1.24. The van der Waals surface area contributed by atoms with E-state index in [0.717, 1.165) is 25.9 Å². The molecule has 1 saturated heterocycles. The number of aliphatic hydroxyl groups excluding tert-OH is 1. The van der Waals surface area contributed by atoms with Crippen molar-refractivity contribution in [1.29, 1.82) is 0 Å². The second kappa shape index (κ2) is 7.30. The summed E-state index contributed by atoms with van der Waals surface area (Å²) in [6.45, 7) is 4.04. The van der Waals surface area contributed by atoms with E-state index < -0.39 is 24.6 Å². The third-order valence-electron chi connectivity index (χ3n) is 3.51. The number of rotatable bonds is 6. The van der Waals surface area contributed by atoms with Crippen molar-refractivity contribution in [2.45, 2.75) is 31.8 Å². The monoisotopic (exact) mass is 273 g/mol. The summed E-state index contributed by atoms with van der Waals surface area (Å²) in [7, 11) is 1.64. The molecule has 2 unspecified atom stereocenters. The number of nitrogens with zero attached hydrogens (tertiary/aromatic N) is 2. The van der Waals surface area contributed by atoms with Gasteiger partial charge in [0.05, 0.1) is 6.61 Å². The summed E-state index contributed by atoms with van der Waals surface area (Å²) in [5, 5.41) is 19.9. The highest BCUT2D eigenvalue weighted by Crippen LogP contribution is 2.17. The van der Waals surface area contributed by atoms with Gasteiger partial charge in [0, 0.05) is 19.6 Å². The number of aliphatic carboxylic acids is 1. The number of likely N-dealkylation sites (N-methyl/N-ethyl adjacent to an activating group) is 2. The quantitative estimate of drug-likeness (QED) is 0.610. The molecule has 2 amide bonds. The van der Waals surface area contributed by atoms with Gasteiger partial charge in [0.1, 0.15) is 0 Å². The Morgan fingerprint density at radius 3 is 2.74 bits per heavy atom. The van der Waals surface area contributed by atoms with E-state index >= 15 is 0 Å². The Hall–Kier alpha value is -1.34. The van der Waals surface area contributed by atoms with Crippen LogP contribution in [0.2, 0.25) is 0 Å². The topological polar surface area (TPSA) is 93.1 Å².